The molecule has 7 nitrogen and oxygen atoms in total. The van der Waals surface area contributed by atoms with Crippen LogP contribution in [0.2, 0.25) is 0 Å². The molecule has 0 unspecified atom stereocenters. The average molecular weight is 1400 g/mol. The third kappa shape index (κ3) is 10.0. The molecule has 2 aliphatic heterocycles. The van der Waals surface area contributed by atoms with Gasteiger partial charge in [-0.15, -0.1) is 0 Å². The van der Waals surface area contributed by atoms with Crippen molar-refractivity contribution in [2.45, 2.75) is 52.4 Å². The summed E-state index contributed by atoms with van der Waals surface area (Å²) in [5.41, 5.74) is 16.2. The first-order valence-corrected chi connectivity index (χ1v) is 36.0. The lowest BCUT2D eigenvalue weighted by molar-refractivity contribution is 0.590. The van der Waals surface area contributed by atoms with E-state index in [-0.39, 0.29) is 55.0 Å². The Morgan fingerprint density at radius 2 is 0.852 bits per heavy atom. The number of hydrogen-bond acceptors (Lipinski definition) is 4. The number of anilines is 6. The summed E-state index contributed by atoms with van der Waals surface area (Å²) in [5.74, 6) is 0. The summed E-state index contributed by atoms with van der Waals surface area (Å²) in [6, 6.07) is 74.8. The largest absolute Gasteiger partial charge is 0.456 e. The second-order valence-electron chi connectivity index (χ2n) is 29.9. The van der Waals surface area contributed by atoms with E-state index in [1.54, 1.807) is 9.13 Å². The van der Waals surface area contributed by atoms with Crippen molar-refractivity contribution in [1.29, 1.82) is 5.26 Å². The zero-order valence-corrected chi connectivity index (χ0v) is 59.7. The minimum atomic E-state index is -0.832. The molecular formula is C100H71BN6O. The summed E-state index contributed by atoms with van der Waals surface area (Å²) in [6.07, 6.45) is 0. The molecule has 0 amide bonds. The first-order chi connectivity index (χ1) is 58.6. The van der Waals surface area contributed by atoms with Gasteiger partial charge in [-0.25, -0.2) is 4.85 Å². The van der Waals surface area contributed by atoms with Crippen molar-refractivity contribution in [2.75, 3.05) is 9.80 Å². The van der Waals surface area contributed by atoms with Crippen LogP contribution in [0.1, 0.15) is 77.4 Å². The average Bonchev–Trinajstić information content (AvgIpc) is 0.870. The first kappa shape index (κ1) is 50.7. The Hall–Kier alpha value is -13.7. The van der Waals surface area contributed by atoms with Gasteiger partial charge in [-0.05, 0) is 192 Å². The van der Waals surface area contributed by atoms with E-state index in [0.717, 1.165) is 88.7 Å². The lowest BCUT2D eigenvalue weighted by Gasteiger charge is -2.46. The fourth-order valence-corrected chi connectivity index (χ4v) is 16.5. The van der Waals surface area contributed by atoms with Crippen LogP contribution in [0, 0.1) is 17.9 Å². The highest BCUT2D eigenvalue weighted by molar-refractivity contribution is 7.00. The maximum absolute atomic E-state index is 10.7. The lowest BCUT2D eigenvalue weighted by Crippen LogP contribution is -2.61. The number of nitrogens with zero attached hydrogens (tertiary/aromatic N) is 6. The molecule has 18 aromatic rings. The smallest absolute Gasteiger partial charge is 0.252 e. The van der Waals surface area contributed by atoms with Gasteiger partial charge in [0.25, 0.3) is 6.71 Å². The minimum absolute atomic E-state index is 0.0812. The number of fused-ring (bicyclic) bond motifs is 13. The highest BCUT2D eigenvalue weighted by Gasteiger charge is 2.46. The van der Waals surface area contributed by atoms with Crippen LogP contribution in [-0.2, 0) is 10.8 Å². The van der Waals surface area contributed by atoms with Gasteiger partial charge >= 0.3 is 0 Å². The fourth-order valence-electron chi connectivity index (χ4n) is 16.5. The second-order valence-corrected chi connectivity index (χ2v) is 29.9. The molecule has 3 aromatic heterocycles. The number of furan rings is 1. The van der Waals surface area contributed by atoms with Crippen LogP contribution in [0.15, 0.2) is 326 Å². The Morgan fingerprint density at radius 1 is 0.398 bits per heavy atom. The normalized spacial score (nSPS) is 14.5. The molecule has 0 saturated heterocycles. The maximum Gasteiger partial charge on any atom is 0.252 e. The summed E-state index contributed by atoms with van der Waals surface area (Å²) in [6.45, 7) is 20.7. The van der Waals surface area contributed by atoms with Crippen molar-refractivity contribution < 1.29 is 23.6 Å². The Balaban J connectivity index is 1.03. The summed E-state index contributed by atoms with van der Waals surface area (Å²) < 4.78 is 145. The zero-order chi connectivity index (χ0) is 85.0. The minimum Gasteiger partial charge on any atom is -0.456 e. The molecule has 0 fully saturated rings. The van der Waals surface area contributed by atoms with E-state index in [1.165, 1.54) is 0 Å². The van der Waals surface area contributed by atoms with E-state index < -0.39 is 113 Å². The van der Waals surface area contributed by atoms with Crippen molar-refractivity contribution in [2.24, 2.45) is 0 Å². The van der Waals surface area contributed by atoms with Gasteiger partial charge in [-0.1, -0.05) is 248 Å². The third-order valence-corrected chi connectivity index (χ3v) is 21.5. The van der Waals surface area contributed by atoms with Gasteiger partial charge in [0.15, 0.2) is 5.69 Å². The van der Waals surface area contributed by atoms with Crippen molar-refractivity contribution in [3.05, 3.63) is 349 Å². The molecule has 0 saturated carbocycles. The molecule has 8 heteroatoms. The number of aromatic nitrogens is 2. The Bertz CT molecular complexity index is 7690. The van der Waals surface area contributed by atoms with E-state index in [1.807, 2.05) is 146 Å². The topological polar surface area (TPSA) is 57.6 Å². The van der Waals surface area contributed by atoms with Gasteiger partial charge in [0.1, 0.15) is 11.2 Å². The molecular weight excluding hydrogens is 1310 g/mol. The molecule has 20 rings (SSSR count). The van der Waals surface area contributed by atoms with Gasteiger partial charge in [0.2, 0.25) is 0 Å². The number of para-hydroxylation sites is 3. The summed E-state index contributed by atoms with van der Waals surface area (Å²) in [7, 11) is 0. The number of hydrogen-bond donors (Lipinski definition) is 0. The number of rotatable bonds is 9. The molecule has 0 aliphatic carbocycles. The Morgan fingerprint density at radius 3 is 1.37 bits per heavy atom. The quantitative estimate of drug-likeness (QED) is 0.107. The predicted octanol–water partition coefficient (Wildman–Crippen LogP) is 25.2. The van der Waals surface area contributed by atoms with E-state index in [2.05, 4.69) is 153 Å². The van der Waals surface area contributed by atoms with E-state index in [0.29, 0.717) is 50.5 Å². The molecule has 0 atom stereocenters. The summed E-state index contributed by atoms with van der Waals surface area (Å²) in [5, 5.41) is 12.0. The monoisotopic (exact) mass is 1400 g/mol. The summed E-state index contributed by atoms with van der Waals surface area (Å²) >= 11 is 0. The van der Waals surface area contributed by atoms with Gasteiger partial charge < -0.3 is 23.4 Å². The molecule has 0 bridgehead atoms. The molecule has 5 heterocycles. The van der Waals surface area contributed by atoms with Crippen molar-refractivity contribution in [3.63, 3.8) is 0 Å². The van der Waals surface area contributed by atoms with Gasteiger partial charge in [0, 0.05) is 86.1 Å². The second kappa shape index (κ2) is 24.5. The molecule has 2 aliphatic rings. The highest BCUT2D eigenvalue weighted by atomic mass is 16.3. The van der Waals surface area contributed by atoms with Gasteiger partial charge in [-0.3, -0.25) is 0 Å². The van der Waals surface area contributed by atoms with Crippen LogP contribution >= 0.6 is 0 Å². The van der Waals surface area contributed by atoms with E-state index in [4.69, 9.17) is 12.4 Å². The van der Waals surface area contributed by atoms with Crippen LogP contribution in [0.4, 0.5) is 39.8 Å². The fraction of sp³-hybridized carbons (Fsp3) is 0.0800. The molecule has 0 spiro atoms. The Labute approximate surface area is 647 Å². The van der Waals surface area contributed by atoms with Gasteiger partial charge in [-0.2, -0.15) is 5.26 Å². The van der Waals surface area contributed by atoms with Crippen LogP contribution < -0.4 is 26.2 Å². The van der Waals surface area contributed by atoms with E-state index >= 15 is 0 Å². The highest BCUT2D eigenvalue weighted by Crippen LogP contribution is 2.57. The molecule has 510 valence electrons. The Kier molecular flexibility index (Phi) is 11.5. The van der Waals surface area contributed by atoms with Crippen LogP contribution in [0.25, 0.3) is 137 Å². The number of benzene rings is 15. The third-order valence-electron chi connectivity index (χ3n) is 21.5. The first-order valence-electron chi connectivity index (χ1n) is 43.0. The lowest BCUT2D eigenvalue weighted by atomic mass is 9.33. The summed E-state index contributed by atoms with van der Waals surface area (Å²) in [4.78, 5) is 8.25. The standard InChI is InChI=1S/C100H71BN6O/c1-99(2,3)68-54-77(64-29-14-9-15-30-64)97(78(55-68)65-31-16-10-17-32-65)106-89-59-71(104-85-39-23-20-35-73(85)80-51-62(61-102)43-49-87(80)104)45-47-83(89)101-84-48-46-72(105-86-40-24-21-36-74(86)81-58-70(103-7)44-50-88(81)105)60-90(84)107(92-53-67(52-91(106)96(92)101)63-27-12-8-13-28-63)98-79(66-33-18-11-19-34-66)56-69(100(4,5)6)57-82(98)75-38-26-42-94-95(75)76-37-22-25-41-93(76)108-94/h8-60H,1-6H3/i20D,21D,23D,24D,35D,36D,39D,40D,43D,44D,49D,50D,51D,58D. The van der Waals surface area contributed by atoms with Crippen LogP contribution in [0.5, 0.6) is 0 Å². The van der Waals surface area contributed by atoms with Gasteiger partial charge in [0.05, 0.1) is 68.1 Å². The van der Waals surface area contributed by atoms with Crippen LogP contribution in [0.3, 0.4) is 0 Å². The van der Waals surface area contributed by atoms with Crippen molar-refractivity contribution in [3.8, 4) is 73.1 Å². The molecule has 108 heavy (non-hydrogen) atoms. The van der Waals surface area contributed by atoms with Crippen molar-refractivity contribution in [1.82, 2.24) is 9.13 Å². The zero-order valence-electron chi connectivity index (χ0n) is 73.7. The molecule has 15 aromatic carbocycles. The van der Waals surface area contributed by atoms with E-state index in [9.17, 15) is 23.1 Å². The van der Waals surface area contributed by atoms with Crippen molar-refractivity contribution >= 4 is 128 Å². The SMILES string of the molecule is [2H]c1c([2H])c([2H])c2c(c1[2H])c1c([2H])c(C#N)c([2H])c([2H])c1n2-c1ccc2c(c1)N(c1c(-c3ccccc3)cc(C(C)(C)C)cc1-c1ccccc1)c1cc(-c3ccccc3)cc3c1B2c1ccc(-n2c4c([2H])c([2H])c([2H])c([2H])c4c4c([2H])c([N+]#[C-])c([2H])c([2H])c42)cc1N3c1c(-c2ccccc2)cc(C(C)(C)C)cc1-c1cccc2oc3ccccc3c12. The van der Waals surface area contributed by atoms with Crippen LogP contribution in [-0.4, -0.2) is 15.8 Å². The molecule has 0 radical (unpaired) electrons. The maximum atomic E-state index is 10.7. The number of nitriles is 1. The predicted molar refractivity (Wildman–Crippen MR) is 452 cm³/mol. The molecule has 0 N–H and O–H groups in total.